The zero-order valence-corrected chi connectivity index (χ0v) is 18.9. The van der Waals surface area contributed by atoms with Gasteiger partial charge in [0.25, 0.3) is 0 Å². The Kier molecular flexibility index (Phi) is 6.50. The molecule has 1 saturated heterocycles. The average Bonchev–Trinajstić information content (AvgIpc) is 3.10. The molecule has 1 fully saturated rings. The quantitative estimate of drug-likeness (QED) is 0.566. The fraction of sp³-hybridized carbons (Fsp3) is 0.417. The molecular formula is C24H30N4O4. The number of amides is 1. The molecule has 0 aliphatic carbocycles. The average molecular weight is 439 g/mol. The lowest BCUT2D eigenvalue weighted by Crippen LogP contribution is -2.49. The molecule has 4 rings (SSSR count). The van der Waals surface area contributed by atoms with Gasteiger partial charge in [0.05, 0.1) is 25.3 Å². The molecule has 1 aliphatic rings. The number of nitrogens with zero attached hydrogens (tertiary/aromatic N) is 4. The summed E-state index contributed by atoms with van der Waals surface area (Å²) in [6.07, 6.45) is 0. The molecule has 0 radical (unpaired) electrons. The molecule has 0 spiro atoms. The first-order valence-corrected chi connectivity index (χ1v) is 10.9. The van der Waals surface area contributed by atoms with Crippen LogP contribution >= 0.6 is 0 Å². The molecule has 32 heavy (non-hydrogen) atoms. The highest BCUT2D eigenvalue weighted by atomic mass is 16.5. The molecular weight excluding hydrogens is 408 g/mol. The number of hydrogen-bond acceptors (Lipinski definition) is 5. The molecule has 1 aromatic heterocycles. The Morgan fingerprint density at radius 2 is 1.62 bits per heavy atom. The Labute approximate surface area is 187 Å². The summed E-state index contributed by atoms with van der Waals surface area (Å²) in [5.41, 5.74) is 2.60. The molecule has 1 aliphatic heterocycles. The van der Waals surface area contributed by atoms with Gasteiger partial charge in [-0.2, -0.15) is 0 Å². The van der Waals surface area contributed by atoms with Gasteiger partial charge in [0, 0.05) is 44.8 Å². The summed E-state index contributed by atoms with van der Waals surface area (Å²) < 4.78 is 14.1. The Balaban J connectivity index is 1.41. The number of methoxy groups -OCH3 is 2. The van der Waals surface area contributed by atoms with Gasteiger partial charge >= 0.3 is 5.69 Å². The summed E-state index contributed by atoms with van der Waals surface area (Å²) in [6.45, 7) is 6.10. The summed E-state index contributed by atoms with van der Waals surface area (Å²) in [5.74, 6) is 1.60. The summed E-state index contributed by atoms with van der Waals surface area (Å²) in [6, 6.07) is 13.4. The van der Waals surface area contributed by atoms with Crippen LogP contribution in [0.4, 0.5) is 0 Å². The van der Waals surface area contributed by atoms with Gasteiger partial charge in [-0.1, -0.05) is 12.1 Å². The van der Waals surface area contributed by atoms with Crippen molar-refractivity contribution in [3.05, 3.63) is 58.5 Å². The van der Waals surface area contributed by atoms with Crippen LogP contribution in [0.2, 0.25) is 0 Å². The van der Waals surface area contributed by atoms with Crippen molar-refractivity contribution in [1.82, 2.24) is 18.9 Å². The van der Waals surface area contributed by atoms with Crippen molar-refractivity contribution < 1.29 is 14.3 Å². The van der Waals surface area contributed by atoms with E-state index in [0.717, 1.165) is 47.7 Å². The predicted octanol–water partition coefficient (Wildman–Crippen LogP) is 2.18. The second kappa shape index (κ2) is 9.48. The van der Waals surface area contributed by atoms with Gasteiger partial charge in [0.15, 0.2) is 0 Å². The lowest BCUT2D eigenvalue weighted by molar-refractivity contribution is -0.133. The van der Waals surface area contributed by atoms with Gasteiger partial charge in [-0.25, -0.2) is 4.79 Å². The van der Waals surface area contributed by atoms with E-state index in [4.69, 9.17) is 9.47 Å². The first kappa shape index (κ1) is 22.0. The number of imidazole rings is 1. The van der Waals surface area contributed by atoms with Crippen molar-refractivity contribution in [3.8, 4) is 11.5 Å². The topological polar surface area (TPSA) is 68.9 Å². The van der Waals surface area contributed by atoms with E-state index < -0.39 is 0 Å². The largest absolute Gasteiger partial charge is 0.497 e. The zero-order chi connectivity index (χ0) is 22.7. The number of carbonyl (C=O) groups is 1. The highest BCUT2D eigenvalue weighted by Crippen LogP contribution is 2.25. The van der Waals surface area contributed by atoms with Gasteiger partial charge < -0.3 is 14.4 Å². The standard InChI is InChI=1S/C24H30N4O4/c1-4-27-20-7-5-6-8-21(20)28(24(27)30)17-23(29)26-13-11-25(12-14-26)16-18-15-19(31-2)9-10-22(18)32-3/h5-10,15H,4,11-14,16-17H2,1-3H3. The van der Waals surface area contributed by atoms with E-state index in [1.54, 1.807) is 23.4 Å². The van der Waals surface area contributed by atoms with E-state index in [0.29, 0.717) is 19.6 Å². The number of rotatable bonds is 7. The number of carbonyl (C=O) groups excluding carboxylic acids is 1. The summed E-state index contributed by atoms with van der Waals surface area (Å²) in [7, 11) is 3.32. The molecule has 0 unspecified atom stereocenters. The molecule has 0 atom stereocenters. The minimum Gasteiger partial charge on any atom is -0.497 e. The first-order chi connectivity index (χ1) is 15.5. The third-order valence-electron chi connectivity index (χ3n) is 6.14. The summed E-state index contributed by atoms with van der Waals surface area (Å²) in [5, 5.41) is 0. The number of hydrogen-bond donors (Lipinski definition) is 0. The van der Waals surface area contributed by atoms with Crippen molar-refractivity contribution in [2.75, 3.05) is 40.4 Å². The summed E-state index contributed by atoms with van der Waals surface area (Å²) >= 11 is 0. The van der Waals surface area contributed by atoms with Crippen LogP contribution in [0.3, 0.4) is 0 Å². The Bertz CT molecular complexity index is 1160. The highest BCUT2D eigenvalue weighted by Gasteiger charge is 2.24. The van der Waals surface area contributed by atoms with E-state index >= 15 is 0 Å². The van der Waals surface area contributed by atoms with Crippen LogP contribution in [0.15, 0.2) is 47.3 Å². The maximum atomic E-state index is 13.0. The van der Waals surface area contributed by atoms with Crippen LogP contribution in [0.25, 0.3) is 11.0 Å². The number of benzene rings is 2. The molecule has 0 N–H and O–H groups in total. The van der Waals surface area contributed by atoms with Crippen LogP contribution in [0.5, 0.6) is 11.5 Å². The Morgan fingerprint density at radius 3 is 2.25 bits per heavy atom. The van der Waals surface area contributed by atoms with Gasteiger partial charge in [-0.3, -0.25) is 18.8 Å². The third-order valence-corrected chi connectivity index (χ3v) is 6.14. The van der Waals surface area contributed by atoms with E-state index in [9.17, 15) is 9.59 Å². The van der Waals surface area contributed by atoms with E-state index in [1.165, 1.54) is 0 Å². The molecule has 170 valence electrons. The van der Waals surface area contributed by atoms with Crippen LogP contribution in [-0.4, -0.2) is 65.2 Å². The zero-order valence-electron chi connectivity index (χ0n) is 18.9. The van der Waals surface area contributed by atoms with Gasteiger partial charge in [-0.15, -0.1) is 0 Å². The lowest BCUT2D eigenvalue weighted by atomic mass is 10.1. The van der Waals surface area contributed by atoms with Gasteiger partial charge in [0.1, 0.15) is 18.0 Å². The minimum absolute atomic E-state index is 0.0234. The molecule has 0 bridgehead atoms. The SMILES string of the molecule is CCn1c(=O)n(CC(=O)N2CCN(Cc3cc(OC)ccc3OC)CC2)c2ccccc21. The van der Waals surface area contributed by atoms with E-state index in [-0.39, 0.29) is 18.1 Å². The highest BCUT2D eigenvalue weighted by molar-refractivity contribution is 5.81. The second-order valence-electron chi connectivity index (χ2n) is 7.94. The molecule has 1 amide bonds. The van der Waals surface area contributed by atoms with E-state index in [2.05, 4.69) is 4.90 Å². The van der Waals surface area contributed by atoms with Crippen molar-refractivity contribution in [2.24, 2.45) is 0 Å². The molecule has 2 aromatic carbocycles. The van der Waals surface area contributed by atoms with Crippen LogP contribution in [-0.2, 0) is 24.4 Å². The number of aromatic nitrogens is 2. The molecule has 3 aromatic rings. The van der Waals surface area contributed by atoms with Crippen molar-refractivity contribution in [3.63, 3.8) is 0 Å². The molecule has 8 nitrogen and oxygen atoms in total. The Morgan fingerprint density at radius 1 is 0.938 bits per heavy atom. The molecule has 8 heteroatoms. The number of aryl methyl sites for hydroxylation is 1. The van der Waals surface area contributed by atoms with Crippen molar-refractivity contribution in [2.45, 2.75) is 26.6 Å². The van der Waals surface area contributed by atoms with Gasteiger partial charge in [0.2, 0.25) is 5.91 Å². The van der Waals surface area contributed by atoms with Crippen molar-refractivity contribution >= 4 is 16.9 Å². The number of para-hydroxylation sites is 2. The van der Waals surface area contributed by atoms with Crippen LogP contribution < -0.4 is 15.2 Å². The second-order valence-corrected chi connectivity index (χ2v) is 7.94. The maximum Gasteiger partial charge on any atom is 0.329 e. The normalized spacial score (nSPS) is 14.7. The van der Waals surface area contributed by atoms with Crippen molar-refractivity contribution in [1.29, 1.82) is 0 Å². The lowest BCUT2D eigenvalue weighted by Gasteiger charge is -2.35. The number of fused-ring (bicyclic) bond motifs is 1. The Hall–Kier alpha value is -3.26. The van der Waals surface area contributed by atoms with Gasteiger partial charge in [-0.05, 0) is 37.3 Å². The van der Waals surface area contributed by atoms with Crippen LogP contribution in [0, 0.1) is 0 Å². The third kappa shape index (κ3) is 4.23. The molecule has 2 heterocycles. The molecule has 0 saturated carbocycles. The van der Waals surface area contributed by atoms with Crippen LogP contribution in [0.1, 0.15) is 12.5 Å². The fourth-order valence-corrected chi connectivity index (χ4v) is 4.37. The number of ether oxygens (including phenoxy) is 2. The monoisotopic (exact) mass is 438 g/mol. The minimum atomic E-state index is -0.134. The fourth-order valence-electron chi connectivity index (χ4n) is 4.37. The maximum absolute atomic E-state index is 13.0. The van der Waals surface area contributed by atoms with E-state index in [1.807, 2.05) is 54.3 Å². The first-order valence-electron chi connectivity index (χ1n) is 10.9. The predicted molar refractivity (Wildman–Crippen MR) is 123 cm³/mol. The number of piperazine rings is 1. The smallest absolute Gasteiger partial charge is 0.329 e. The summed E-state index contributed by atoms with van der Waals surface area (Å²) in [4.78, 5) is 30.0.